The van der Waals surface area contributed by atoms with Crippen LogP contribution in [0.2, 0.25) is 10.0 Å². The molecule has 0 atom stereocenters. The van der Waals surface area contributed by atoms with Gasteiger partial charge in [-0.3, -0.25) is 9.52 Å². The van der Waals surface area contributed by atoms with Crippen LogP contribution in [-0.4, -0.2) is 35.6 Å². The molecular formula is C16H14Cl2N2O6S2. The molecule has 0 radical (unpaired) electrons. The number of carbonyl (C=O) groups is 1. The third kappa shape index (κ3) is 3.90. The highest BCUT2D eigenvalue weighted by molar-refractivity contribution is 7.94. The first-order valence-electron chi connectivity index (χ1n) is 7.77. The predicted octanol–water partition coefficient (Wildman–Crippen LogP) is 2.87. The molecular weight excluding hydrogens is 451 g/mol. The van der Waals surface area contributed by atoms with E-state index in [1.807, 2.05) is 0 Å². The van der Waals surface area contributed by atoms with Crippen molar-refractivity contribution in [1.29, 1.82) is 0 Å². The number of ether oxygens (including phenoxy) is 1. The van der Waals surface area contributed by atoms with Gasteiger partial charge in [0.15, 0.2) is 0 Å². The molecule has 2 aromatic carbocycles. The minimum Gasteiger partial charge on any atom is -0.495 e. The maximum absolute atomic E-state index is 12.9. The molecule has 1 fully saturated rings. The zero-order chi connectivity index (χ0) is 20.7. The average molecular weight is 465 g/mol. The van der Waals surface area contributed by atoms with Gasteiger partial charge in [0.05, 0.1) is 29.3 Å². The van der Waals surface area contributed by atoms with Gasteiger partial charge in [-0.1, -0.05) is 23.2 Å². The largest absolute Gasteiger partial charge is 0.495 e. The zero-order valence-corrected chi connectivity index (χ0v) is 17.5. The summed E-state index contributed by atoms with van der Waals surface area (Å²) >= 11 is 11.8. The van der Waals surface area contributed by atoms with Crippen LogP contribution in [0.15, 0.2) is 41.3 Å². The van der Waals surface area contributed by atoms with E-state index in [1.54, 1.807) is 0 Å². The van der Waals surface area contributed by atoms with Gasteiger partial charge in [0, 0.05) is 11.4 Å². The topological polar surface area (TPSA) is 110 Å². The molecule has 1 amide bonds. The van der Waals surface area contributed by atoms with Crippen molar-refractivity contribution in [3.05, 3.63) is 46.4 Å². The minimum atomic E-state index is -4.23. The Balaban J connectivity index is 2.08. The number of hydrogen-bond acceptors (Lipinski definition) is 6. The fraction of sp³-hybridized carbons (Fsp3) is 0.188. The summed E-state index contributed by atoms with van der Waals surface area (Å²) in [5.41, 5.74) is -0.0192. The van der Waals surface area contributed by atoms with Gasteiger partial charge in [0.1, 0.15) is 10.6 Å². The number of methoxy groups -OCH3 is 1. The van der Waals surface area contributed by atoms with Gasteiger partial charge in [-0.05, 0) is 36.4 Å². The van der Waals surface area contributed by atoms with Crippen LogP contribution in [0.5, 0.6) is 5.75 Å². The van der Waals surface area contributed by atoms with E-state index in [0.717, 1.165) is 6.07 Å². The second-order valence-electron chi connectivity index (χ2n) is 5.79. The smallest absolute Gasteiger partial charge is 0.265 e. The van der Waals surface area contributed by atoms with Gasteiger partial charge in [-0.25, -0.2) is 21.1 Å². The quantitative estimate of drug-likeness (QED) is 0.727. The molecule has 0 saturated carbocycles. The van der Waals surface area contributed by atoms with Gasteiger partial charge in [0.25, 0.3) is 10.0 Å². The van der Waals surface area contributed by atoms with Crippen molar-refractivity contribution in [2.45, 2.75) is 11.3 Å². The lowest BCUT2D eigenvalue weighted by Gasteiger charge is -2.18. The van der Waals surface area contributed by atoms with E-state index in [4.69, 9.17) is 27.9 Å². The van der Waals surface area contributed by atoms with E-state index >= 15 is 0 Å². The average Bonchev–Trinajstić information content (AvgIpc) is 2.89. The highest BCUT2D eigenvalue weighted by Crippen LogP contribution is 2.34. The normalized spacial score (nSPS) is 16.2. The summed E-state index contributed by atoms with van der Waals surface area (Å²) in [4.78, 5) is 11.6. The Morgan fingerprint density at radius 1 is 1.14 bits per heavy atom. The summed E-state index contributed by atoms with van der Waals surface area (Å²) in [5, 5.41) is 0.397. The molecule has 0 aliphatic carbocycles. The number of carbonyl (C=O) groups excluding carboxylic acids is 1. The molecule has 1 aliphatic heterocycles. The van der Waals surface area contributed by atoms with Crippen molar-refractivity contribution in [2.75, 3.05) is 21.9 Å². The van der Waals surface area contributed by atoms with Crippen LogP contribution in [0.3, 0.4) is 0 Å². The maximum atomic E-state index is 12.9. The molecule has 1 N–H and O–H groups in total. The van der Waals surface area contributed by atoms with Crippen LogP contribution >= 0.6 is 23.2 Å². The Morgan fingerprint density at radius 3 is 2.43 bits per heavy atom. The minimum absolute atomic E-state index is 0.0367. The zero-order valence-electron chi connectivity index (χ0n) is 14.3. The molecule has 150 valence electrons. The number of anilines is 2. The summed E-state index contributed by atoms with van der Waals surface area (Å²) in [6, 6.07) is 7.83. The second-order valence-corrected chi connectivity index (χ2v) is 10.2. The molecule has 0 spiro atoms. The number of amides is 1. The van der Waals surface area contributed by atoms with Crippen LogP contribution < -0.4 is 13.8 Å². The second kappa shape index (κ2) is 7.43. The van der Waals surface area contributed by atoms with Crippen LogP contribution in [0.1, 0.15) is 6.42 Å². The summed E-state index contributed by atoms with van der Waals surface area (Å²) in [6.07, 6.45) is -0.172. The van der Waals surface area contributed by atoms with Gasteiger partial charge in [-0.2, -0.15) is 0 Å². The van der Waals surface area contributed by atoms with Crippen LogP contribution in [-0.2, 0) is 24.8 Å². The van der Waals surface area contributed by atoms with Crippen LogP contribution in [0, 0.1) is 0 Å². The lowest BCUT2D eigenvalue weighted by molar-refractivity contribution is -0.116. The van der Waals surface area contributed by atoms with Crippen molar-refractivity contribution in [1.82, 2.24) is 0 Å². The van der Waals surface area contributed by atoms with E-state index < -0.39 is 26.0 Å². The first-order valence-corrected chi connectivity index (χ1v) is 11.6. The first-order chi connectivity index (χ1) is 13.0. The van der Waals surface area contributed by atoms with Crippen molar-refractivity contribution >= 4 is 60.5 Å². The standard InChI is InChI=1S/C16H14Cl2N2O6S2/c1-26-14-5-3-11(20-16(21)6-7-27(20,22)23)9-15(14)28(24,25)19-13-4-2-10(17)8-12(13)18/h2-5,8-9,19H,6-7H2,1H3. The lowest BCUT2D eigenvalue weighted by atomic mass is 10.3. The Labute approximate surface area is 172 Å². The number of halogens is 2. The fourth-order valence-electron chi connectivity index (χ4n) is 2.64. The highest BCUT2D eigenvalue weighted by Gasteiger charge is 2.37. The van der Waals surface area contributed by atoms with Gasteiger partial charge in [-0.15, -0.1) is 0 Å². The molecule has 3 rings (SSSR count). The Hall–Kier alpha value is -2.01. The van der Waals surface area contributed by atoms with E-state index in [-0.39, 0.29) is 39.2 Å². The molecule has 1 heterocycles. The lowest BCUT2D eigenvalue weighted by Crippen LogP contribution is -2.29. The van der Waals surface area contributed by atoms with E-state index in [1.165, 1.54) is 37.4 Å². The summed E-state index contributed by atoms with van der Waals surface area (Å²) < 4.78 is 58.0. The van der Waals surface area contributed by atoms with Gasteiger partial charge in [0.2, 0.25) is 15.9 Å². The number of hydrogen-bond donors (Lipinski definition) is 1. The van der Waals surface area contributed by atoms with Crippen molar-refractivity contribution in [3.63, 3.8) is 0 Å². The maximum Gasteiger partial charge on any atom is 0.265 e. The summed E-state index contributed by atoms with van der Waals surface area (Å²) in [7, 11) is -6.82. The Morgan fingerprint density at radius 2 is 1.86 bits per heavy atom. The van der Waals surface area contributed by atoms with Crippen molar-refractivity contribution < 1.29 is 26.4 Å². The summed E-state index contributed by atoms with van der Waals surface area (Å²) in [5.74, 6) is -1.01. The third-order valence-electron chi connectivity index (χ3n) is 3.93. The SMILES string of the molecule is COc1ccc(N2C(=O)CCS2(=O)=O)cc1S(=O)(=O)Nc1ccc(Cl)cc1Cl. The van der Waals surface area contributed by atoms with Crippen molar-refractivity contribution in [3.8, 4) is 5.75 Å². The number of benzene rings is 2. The molecule has 1 aliphatic rings. The Kier molecular flexibility index (Phi) is 5.50. The predicted molar refractivity (Wildman–Crippen MR) is 106 cm³/mol. The number of sulfonamides is 2. The van der Waals surface area contributed by atoms with Crippen LogP contribution in [0.4, 0.5) is 11.4 Å². The monoisotopic (exact) mass is 464 g/mol. The molecule has 2 aromatic rings. The van der Waals surface area contributed by atoms with Gasteiger partial charge >= 0.3 is 0 Å². The van der Waals surface area contributed by atoms with E-state index in [2.05, 4.69) is 4.72 Å². The molecule has 12 heteroatoms. The van der Waals surface area contributed by atoms with E-state index in [0.29, 0.717) is 9.33 Å². The molecule has 8 nitrogen and oxygen atoms in total. The molecule has 1 saturated heterocycles. The fourth-order valence-corrected chi connectivity index (χ4v) is 5.88. The summed E-state index contributed by atoms with van der Waals surface area (Å²) in [6.45, 7) is 0. The molecule has 28 heavy (non-hydrogen) atoms. The van der Waals surface area contributed by atoms with Gasteiger partial charge < -0.3 is 4.74 Å². The highest BCUT2D eigenvalue weighted by atomic mass is 35.5. The third-order valence-corrected chi connectivity index (χ3v) is 7.55. The van der Waals surface area contributed by atoms with Crippen molar-refractivity contribution in [2.24, 2.45) is 0 Å². The molecule has 0 aromatic heterocycles. The molecule has 0 unspecified atom stereocenters. The van der Waals surface area contributed by atoms with E-state index in [9.17, 15) is 21.6 Å². The number of rotatable bonds is 5. The molecule has 0 bridgehead atoms. The Bertz CT molecular complexity index is 1170. The first kappa shape index (κ1) is 20.7. The number of nitrogens with one attached hydrogen (secondary N) is 1. The van der Waals surface area contributed by atoms with Crippen LogP contribution in [0.25, 0.3) is 0 Å². The number of nitrogens with zero attached hydrogens (tertiary/aromatic N) is 1.